The summed E-state index contributed by atoms with van der Waals surface area (Å²) in [6, 6.07) is 3.92. The minimum absolute atomic E-state index is 0.0297. The number of aryl methyl sites for hydroxylation is 1. The number of fused-ring (bicyclic) bond motifs is 1. The van der Waals surface area contributed by atoms with Crippen molar-refractivity contribution in [2.75, 3.05) is 6.61 Å². The number of nitrogens with zero attached hydrogens (tertiary/aromatic N) is 3. The number of hydrogen-bond donors (Lipinski definition) is 2. The highest BCUT2D eigenvalue weighted by molar-refractivity contribution is 5.84. The monoisotopic (exact) mass is 254 g/mol. The number of aromatic nitrogens is 4. The van der Waals surface area contributed by atoms with Gasteiger partial charge in [-0.3, -0.25) is 0 Å². The van der Waals surface area contributed by atoms with E-state index >= 15 is 0 Å². The van der Waals surface area contributed by atoms with E-state index in [1.54, 1.807) is 12.3 Å². The maximum Gasteiger partial charge on any atom is 0.139 e. The second-order valence-corrected chi connectivity index (χ2v) is 4.27. The quantitative estimate of drug-likeness (QED) is 0.751. The van der Waals surface area contributed by atoms with Gasteiger partial charge in [-0.25, -0.2) is 9.67 Å². The summed E-state index contributed by atoms with van der Waals surface area (Å²) in [6.07, 6.45) is 9.14. The summed E-state index contributed by atoms with van der Waals surface area (Å²) in [5.74, 6) is 0. The Hall–Kier alpha value is -2.40. The number of hydrogen-bond acceptors (Lipinski definition) is 3. The second-order valence-electron chi connectivity index (χ2n) is 4.27. The molecule has 3 aromatic rings. The van der Waals surface area contributed by atoms with Crippen LogP contribution in [0.4, 0.5) is 0 Å². The minimum atomic E-state index is 0.0297. The Morgan fingerprint density at radius 3 is 3.16 bits per heavy atom. The maximum atomic E-state index is 8.83. The van der Waals surface area contributed by atoms with Crippen molar-refractivity contribution >= 4 is 17.1 Å². The summed E-state index contributed by atoms with van der Waals surface area (Å²) < 4.78 is 1.84. The first kappa shape index (κ1) is 11.7. The van der Waals surface area contributed by atoms with Crippen LogP contribution in [0.3, 0.4) is 0 Å². The zero-order chi connectivity index (χ0) is 13.2. The van der Waals surface area contributed by atoms with Gasteiger partial charge in [-0.15, -0.1) is 0 Å². The molecule has 0 spiro atoms. The Balaban J connectivity index is 2.12. The molecule has 3 aromatic heterocycles. The molecular weight excluding hydrogens is 240 g/mol. The molecule has 0 radical (unpaired) electrons. The Kier molecular flexibility index (Phi) is 2.89. The van der Waals surface area contributed by atoms with Crippen LogP contribution in [0.25, 0.3) is 22.8 Å². The number of aromatic amines is 1. The molecule has 5 heteroatoms. The van der Waals surface area contributed by atoms with E-state index < -0.39 is 0 Å². The van der Waals surface area contributed by atoms with E-state index in [0.717, 1.165) is 28.0 Å². The zero-order valence-electron chi connectivity index (χ0n) is 10.5. The van der Waals surface area contributed by atoms with Gasteiger partial charge in [-0.05, 0) is 19.1 Å². The fraction of sp³-hybridized carbons (Fsp3) is 0.143. The van der Waals surface area contributed by atoms with E-state index in [1.165, 1.54) is 0 Å². The molecule has 0 aliphatic rings. The number of H-pyrrole nitrogens is 1. The number of aliphatic hydroxyl groups is 1. The zero-order valence-corrected chi connectivity index (χ0v) is 10.5. The van der Waals surface area contributed by atoms with Crippen LogP contribution in [0.2, 0.25) is 0 Å². The molecular formula is C14H14N4O. The fourth-order valence-electron chi connectivity index (χ4n) is 2.09. The lowest BCUT2D eigenvalue weighted by Gasteiger charge is -2.01. The van der Waals surface area contributed by atoms with Crippen LogP contribution in [0.15, 0.2) is 36.8 Å². The molecule has 96 valence electrons. The van der Waals surface area contributed by atoms with Crippen LogP contribution in [-0.2, 0) is 0 Å². The van der Waals surface area contributed by atoms with Crippen molar-refractivity contribution in [1.29, 1.82) is 0 Å². The predicted octanol–water partition coefficient (Wildman–Crippen LogP) is 2.06. The van der Waals surface area contributed by atoms with Crippen molar-refractivity contribution in [3.8, 4) is 5.69 Å². The average molecular weight is 254 g/mol. The van der Waals surface area contributed by atoms with Gasteiger partial charge in [0.1, 0.15) is 5.65 Å². The first-order valence-corrected chi connectivity index (χ1v) is 6.06. The summed E-state index contributed by atoms with van der Waals surface area (Å²) in [4.78, 5) is 7.35. The molecule has 0 fully saturated rings. The number of nitrogens with one attached hydrogen (secondary N) is 1. The van der Waals surface area contributed by atoms with Gasteiger partial charge in [0.05, 0.1) is 18.0 Å². The number of aliphatic hydroxyl groups excluding tert-OH is 1. The minimum Gasteiger partial charge on any atom is -0.392 e. The van der Waals surface area contributed by atoms with E-state index in [1.807, 2.05) is 42.2 Å². The summed E-state index contributed by atoms with van der Waals surface area (Å²) in [6.45, 7) is 1.98. The van der Waals surface area contributed by atoms with Crippen LogP contribution < -0.4 is 0 Å². The Morgan fingerprint density at radius 1 is 1.42 bits per heavy atom. The molecule has 5 nitrogen and oxygen atoms in total. The molecule has 0 aromatic carbocycles. The van der Waals surface area contributed by atoms with Crippen molar-refractivity contribution in [3.63, 3.8) is 0 Å². The van der Waals surface area contributed by atoms with Gasteiger partial charge in [0.2, 0.25) is 0 Å². The topological polar surface area (TPSA) is 66.7 Å². The SMILES string of the molecule is Cc1nn(-c2ccnc3[nH]ccc23)cc1/C=C/CO. The third-order valence-corrected chi connectivity index (χ3v) is 3.02. The normalized spacial score (nSPS) is 11.7. The van der Waals surface area contributed by atoms with Gasteiger partial charge < -0.3 is 10.1 Å². The maximum absolute atomic E-state index is 8.83. The fourth-order valence-corrected chi connectivity index (χ4v) is 2.09. The van der Waals surface area contributed by atoms with Crippen LogP contribution in [-0.4, -0.2) is 31.5 Å². The van der Waals surface area contributed by atoms with E-state index in [2.05, 4.69) is 15.1 Å². The predicted molar refractivity (Wildman–Crippen MR) is 74.1 cm³/mol. The van der Waals surface area contributed by atoms with Gasteiger partial charge in [0, 0.05) is 29.5 Å². The molecule has 0 amide bonds. The van der Waals surface area contributed by atoms with Gasteiger partial charge in [0.15, 0.2) is 0 Å². The molecule has 2 N–H and O–H groups in total. The summed E-state index contributed by atoms with van der Waals surface area (Å²) in [5, 5.41) is 14.4. The molecule has 0 saturated carbocycles. The van der Waals surface area contributed by atoms with Gasteiger partial charge >= 0.3 is 0 Å². The molecule has 0 saturated heterocycles. The van der Waals surface area contributed by atoms with Crippen molar-refractivity contribution in [1.82, 2.24) is 19.7 Å². The molecule has 0 bridgehead atoms. The number of pyridine rings is 1. The smallest absolute Gasteiger partial charge is 0.139 e. The highest BCUT2D eigenvalue weighted by Gasteiger charge is 2.08. The highest BCUT2D eigenvalue weighted by atomic mass is 16.2. The molecule has 19 heavy (non-hydrogen) atoms. The van der Waals surface area contributed by atoms with Gasteiger partial charge in [-0.1, -0.05) is 12.2 Å². The lowest BCUT2D eigenvalue weighted by Crippen LogP contribution is -1.96. The van der Waals surface area contributed by atoms with Crippen molar-refractivity contribution in [2.24, 2.45) is 0 Å². The summed E-state index contributed by atoms with van der Waals surface area (Å²) in [7, 11) is 0. The van der Waals surface area contributed by atoms with Gasteiger partial charge in [-0.2, -0.15) is 5.10 Å². The second kappa shape index (κ2) is 4.70. The van der Waals surface area contributed by atoms with E-state index in [9.17, 15) is 0 Å². The standard InChI is InChI=1S/C14H14N4O/c1-10-11(3-2-8-19)9-18(17-10)13-5-7-16-14-12(13)4-6-15-14/h2-7,9,19H,8H2,1H3,(H,15,16)/b3-2+. The lowest BCUT2D eigenvalue weighted by molar-refractivity contribution is 0.343. The van der Waals surface area contributed by atoms with Crippen LogP contribution in [0.1, 0.15) is 11.3 Å². The largest absolute Gasteiger partial charge is 0.392 e. The number of rotatable bonds is 3. The summed E-state index contributed by atoms with van der Waals surface area (Å²) in [5.41, 5.74) is 3.75. The Labute approximate surface area is 110 Å². The third-order valence-electron chi connectivity index (χ3n) is 3.02. The first-order chi connectivity index (χ1) is 9.29. The van der Waals surface area contributed by atoms with Crippen LogP contribution in [0.5, 0.6) is 0 Å². The Morgan fingerprint density at radius 2 is 2.32 bits per heavy atom. The molecule has 0 unspecified atom stereocenters. The first-order valence-electron chi connectivity index (χ1n) is 6.06. The summed E-state index contributed by atoms with van der Waals surface area (Å²) >= 11 is 0. The van der Waals surface area contributed by atoms with E-state index in [-0.39, 0.29) is 6.61 Å². The molecule has 3 rings (SSSR count). The van der Waals surface area contributed by atoms with Gasteiger partial charge in [0.25, 0.3) is 0 Å². The van der Waals surface area contributed by atoms with Crippen LogP contribution >= 0.6 is 0 Å². The highest BCUT2D eigenvalue weighted by Crippen LogP contribution is 2.20. The van der Waals surface area contributed by atoms with Crippen molar-refractivity contribution < 1.29 is 5.11 Å². The molecule has 0 aliphatic carbocycles. The molecule has 3 heterocycles. The van der Waals surface area contributed by atoms with Crippen molar-refractivity contribution in [2.45, 2.75) is 6.92 Å². The lowest BCUT2D eigenvalue weighted by atomic mass is 10.2. The average Bonchev–Trinajstić information content (AvgIpc) is 3.02. The van der Waals surface area contributed by atoms with E-state index in [0.29, 0.717) is 0 Å². The van der Waals surface area contributed by atoms with Crippen LogP contribution in [0, 0.1) is 6.92 Å². The molecule has 0 aliphatic heterocycles. The van der Waals surface area contributed by atoms with E-state index in [4.69, 9.17) is 5.11 Å². The molecule has 0 atom stereocenters. The van der Waals surface area contributed by atoms with Crippen molar-refractivity contribution in [3.05, 3.63) is 48.1 Å². The Bertz CT molecular complexity index is 739. The third kappa shape index (κ3) is 2.04.